The average molecular weight is 607 g/mol. The Balaban J connectivity index is 1.37. The third-order valence-corrected chi connectivity index (χ3v) is 10.2. The summed E-state index contributed by atoms with van der Waals surface area (Å²) in [7, 11) is 0. The zero-order valence-electron chi connectivity index (χ0n) is 26.3. The van der Waals surface area contributed by atoms with E-state index in [9.17, 15) is 0 Å². The van der Waals surface area contributed by atoms with Gasteiger partial charge in [0.25, 0.3) is 0 Å². The molecule has 10 rings (SSSR count). The van der Waals surface area contributed by atoms with Crippen LogP contribution < -0.4 is 0 Å². The van der Waals surface area contributed by atoms with E-state index in [-0.39, 0.29) is 0 Å². The van der Waals surface area contributed by atoms with E-state index in [0.29, 0.717) is 0 Å². The fourth-order valence-electron chi connectivity index (χ4n) is 8.18. The summed E-state index contributed by atoms with van der Waals surface area (Å²) >= 11 is 0. The van der Waals surface area contributed by atoms with Crippen LogP contribution in [-0.2, 0) is 0 Å². The van der Waals surface area contributed by atoms with E-state index in [1.807, 2.05) is 0 Å². The highest BCUT2D eigenvalue weighted by Gasteiger charge is 2.23. The van der Waals surface area contributed by atoms with Crippen LogP contribution in [-0.4, -0.2) is 0 Å². The molecular formula is C48H30. The zero-order chi connectivity index (χ0) is 31.6. The predicted molar refractivity (Wildman–Crippen MR) is 207 cm³/mol. The molecule has 0 heteroatoms. The van der Waals surface area contributed by atoms with Gasteiger partial charge in [0, 0.05) is 0 Å². The Bertz CT molecular complexity index is 2680. The Labute approximate surface area is 279 Å². The van der Waals surface area contributed by atoms with Gasteiger partial charge in [-0.15, -0.1) is 0 Å². The molecule has 0 saturated carbocycles. The smallest absolute Gasteiger partial charge is 0.00139 e. The van der Waals surface area contributed by atoms with Crippen LogP contribution in [0.15, 0.2) is 182 Å². The molecule has 10 aromatic rings. The minimum absolute atomic E-state index is 1.22. The second-order valence-electron chi connectivity index (χ2n) is 12.8. The third-order valence-electron chi connectivity index (χ3n) is 10.2. The van der Waals surface area contributed by atoms with E-state index < -0.39 is 0 Å². The highest BCUT2D eigenvalue weighted by Crippen LogP contribution is 2.50. The quantitative estimate of drug-likeness (QED) is 0.138. The average Bonchev–Trinajstić information content (AvgIpc) is 3.16. The van der Waals surface area contributed by atoms with Crippen molar-refractivity contribution in [2.24, 2.45) is 0 Å². The van der Waals surface area contributed by atoms with Crippen molar-refractivity contribution < 1.29 is 0 Å². The summed E-state index contributed by atoms with van der Waals surface area (Å²) in [5, 5.41) is 12.9. The third kappa shape index (κ3) is 3.96. The molecule has 0 aliphatic carbocycles. The molecule has 48 heavy (non-hydrogen) atoms. The number of fused-ring (bicyclic) bond motifs is 2. The largest absolute Gasteiger partial charge is 0.0622 e. The lowest BCUT2D eigenvalue weighted by atomic mass is 9.80. The number of rotatable bonds is 4. The van der Waals surface area contributed by atoms with Crippen molar-refractivity contribution in [3.05, 3.63) is 182 Å². The first-order valence-electron chi connectivity index (χ1n) is 16.7. The van der Waals surface area contributed by atoms with E-state index in [0.717, 1.165) is 0 Å². The lowest BCUT2D eigenvalue weighted by Gasteiger charge is -2.23. The summed E-state index contributed by atoms with van der Waals surface area (Å²) in [5.41, 5.74) is 10.0. The van der Waals surface area contributed by atoms with Gasteiger partial charge in [0.05, 0.1) is 0 Å². The lowest BCUT2D eigenvalue weighted by molar-refractivity contribution is 1.58. The molecular weight excluding hydrogens is 577 g/mol. The molecule has 0 fully saturated rings. The van der Waals surface area contributed by atoms with Gasteiger partial charge in [-0.05, 0) is 98.4 Å². The van der Waals surface area contributed by atoms with Gasteiger partial charge in [-0.25, -0.2) is 0 Å². The molecule has 0 radical (unpaired) electrons. The SMILES string of the molecule is c1ccc(-c2cccc(-c3ccccc3)c2-c2c3ccccc3c(-c3ccc4ccc5cccc6ccc3c4c56)c3ccccc23)cc1. The Morgan fingerprint density at radius 3 is 1.21 bits per heavy atom. The molecule has 0 atom stereocenters. The first kappa shape index (κ1) is 26.9. The summed E-state index contributed by atoms with van der Waals surface area (Å²) < 4.78 is 0. The first-order chi connectivity index (χ1) is 23.8. The van der Waals surface area contributed by atoms with E-state index in [1.165, 1.54) is 98.4 Å². The Hall–Kier alpha value is -6.24. The van der Waals surface area contributed by atoms with Crippen molar-refractivity contribution in [1.82, 2.24) is 0 Å². The van der Waals surface area contributed by atoms with Crippen LogP contribution in [0.1, 0.15) is 0 Å². The van der Waals surface area contributed by atoms with Crippen molar-refractivity contribution in [2.75, 3.05) is 0 Å². The van der Waals surface area contributed by atoms with Gasteiger partial charge >= 0.3 is 0 Å². The topological polar surface area (TPSA) is 0 Å². The zero-order valence-corrected chi connectivity index (χ0v) is 26.3. The minimum atomic E-state index is 1.22. The molecule has 0 nitrogen and oxygen atoms in total. The predicted octanol–water partition coefficient (Wildman–Crippen LogP) is 13.6. The van der Waals surface area contributed by atoms with Crippen molar-refractivity contribution in [1.29, 1.82) is 0 Å². The van der Waals surface area contributed by atoms with Crippen LogP contribution in [0.4, 0.5) is 0 Å². The van der Waals surface area contributed by atoms with Gasteiger partial charge < -0.3 is 0 Å². The van der Waals surface area contributed by atoms with Crippen molar-refractivity contribution in [3.63, 3.8) is 0 Å². The van der Waals surface area contributed by atoms with Gasteiger partial charge in [0.2, 0.25) is 0 Å². The van der Waals surface area contributed by atoms with E-state index in [4.69, 9.17) is 0 Å². The monoisotopic (exact) mass is 606 g/mol. The summed E-state index contributed by atoms with van der Waals surface area (Å²) in [5.74, 6) is 0. The highest BCUT2D eigenvalue weighted by molar-refractivity contribution is 6.30. The van der Waals surface area contributed by atoms with Crippen LogP contribution in [0.3, 0.4) is 0 Å². The molecule has 0 amide bonds. The first-order valence-corrected chi connectivity index (χ1v) is 16.7. The maximum Gasteiger partial charge on any atom is -0.00139 e. The van der Waals surface area contributed by atoms with Crippen molar-refractivity contribution >= 4 is 53.9 Å². The maximum absolute atomic E-state index is 2.35. The van der Waals surface area contributed by atoms with Crippen LogP contribution in [0.25, 0.3) is 98.4 Å². The Morgan fingerprint density at radius 2 is 0.646 bits per heavy atom. The molecule has 10 aromatic carbocycles. The van der Waals surface area contributed by atoms with Crippen LogP contribution in [0, 0.1) is 0 Å². The van der Waals surface area contributed by atoms with Crippen molar-refractivity contribution in [2.45, 2.75) is 0 Å². The molecule has 0 saturated heterocycles. The molecule has 0 aliphatic heterocycles. The lowest BCUT2D eigenvalue weighted by Crippen LogP contribution is -1.96. The number of benzene rings is 10. The van der Waals surface area contributed by atoms with Gasteiger partial charge in [0.15, 0.2) is 0 Å². The number of hydrogen-bond acceptors (Lipinski definition) is 0. The summed E-state index contributed by atoms with van der Waals surface area (Å²) in [4.78, 5) is 0. The van der Waals surface area contributed by atoms with Gasteiger partial charge in [-0.2, -0.15) is 0 Å². The fraction of sp³-hybridized carbons (Fsp3) is 0. The molecule has 0 N–H and O–H groups in total. The molecule has 0 heterocycles. The molecule has 0 aromatic heterocycles. The standard InChI is InChI=1S/C48H30/c1-3-13-31(14-4-1)36-23-12-24-37(32-15-5-2-6-16-32)47(36)48-40-21-9-7-19-38(40)46(39-20-8-10-22-41(39)48)43-30-28-35-26-25-33-17-11-18-34-27-29-42(43)45(35)44(33)34/h1-30H. The van der Waals surface area contributed by atoms with Crippen molar-refractivity contribution in [3.8, 4) is 44.5 Å². The van der Waals surface area contributed by atoms with E-state index in [1.54, 1.807) is 0 Å². The van der Waals surface area contributed by atoms with E-state index in [2.05, 4.69) is 182 Å². The summed E-state index contributed by atoms with van der Waals surface area (Å²) in [6.07, 6.45) is 0. The second-order valence-corrected chi connectivity index (χ2v) is 12.8. The van der Waals surface area contributed by atoms with Gasteiger partial charge in [-0.1, -0.05) is 182 Å². The normalized spacial score (nSPS) is 11.8. The summed E-state index contributed by atoms with van der Waals surface area (Å²) in [6.45, 7) is 0. The Morgan fingerprint density at radius 1 is 0.208 bits per heavy atom. The van der Waals surface area contributed by atoms with Gasteiger partial charge in [-0.3, -0.25) is 0 Å². The summed E-state index contributed by atoms with van der Waals surface area (Å²) in [6, 6.07) is 67.1. The molecule has 0 unspecified atom stereocenters. The molecule has 222 valence electrons. The van der Waals surface area contributed by atoms with Crippen LogP contribution in [0.5, 0.6) is 0 Å². The molecule has 0 spiro atoms. The minimum Gasteiger partial charge on any atom is -0.0622 e. The maximum atomic E-state index is 2.35. The molecule has 0 bridgehead atoms. The van der Waals surface area contributed by atoms with Crippen LogP contribution >= 0.6 is 0 Å². The highest BCUT2D eigenvalue weighted by atomic mass is 14.3. The number of hydrogen-bond donors (Lipinski definition) is 0. The fourth-order valence-corrected chi connectivity index (χ4v) is 8.18. The van der Waals surface area contributed by atoms with Gasteiger partial charge in [0.1, 0.15) is 0 Å². The van der Waals surface area contributed by atoms with Crippen LogP contribution in [0.2, 0.25) is 0 Å². The Kier molecular flexibility index (Phi) is 5.98. The second kappa shape index (κ2) is 10.7. The molecule has 0 aliphatic rings. The van der Waals surface area contributed by atoms with E-state index >= 15 is 0 Å².